The van der Waals surface area contributed by atoms with E-state index in [0.717, 1.165) is 44.3 Å². The molecule has 19 heteroatoms. The van der Waals surface area contributed by atoms with Crippen LogP contribution in [0.4, 0.5) is 17.1 Å². The molecule has 0 unspecified atom stereocenters. The van der Waals surface area contributed by atoms with Gasteiger partial charge in [0.15, 0.2) is 0 Å². The fourth-order valence-corrected chi connectivity index (χ4v) is 6.62. The fourth-order valence-electron chi connectivity index (χ4n) is 6.62. The van der Waals surface area contributed by atoms with Gasteiger partial charge in [0, 0.05) is 41.5 Å². The van der Waals surface area contributed by atoms with Crippen LogP contribution in [0, 0.1) is 15.3 Å². The third-order valence-corrected chi connectivity index (χ3v) is 10.6. The molecule has 0 saturated carbocycles. The van der Waals surface area contributed by atoms with Gasteiger partial charge in [-0.2, -0.15) is 0 Å². The molecular formula is C55H57N3O16. The van der Waals surface area contributed by atoms with E-state index >= 15 is 0 Å². The van der Waals surface area contributed by atoms with E-state index in [-0.39, 0.29) is 46.2 Å². The van der Waals surface area contributed by atoms with Crippen molar-refractivity contribution in [1.82, 2.24) is 0 Å². The lowest BCUT2D eigenvalue weighted by Gasteiger charge is -2.12. The maximum absolute atomic E-state index is 13.6. The molecule has 388 valence electrons. The largest absolute Gasteiger partial charge is 0.594 e. The third-order valence-electron chi connectivity index (χ3n) is 10.6. The van der Waals surface area contributed by atoms with Crippen molar-refractivity contribution >= 4 is 46.9 Å². The molecule has 5 rings (SSSR count). The van der Waals surface area contributed by atoms with E-state index < -0.39 is 34.8 Å². The highest BCUT2D eigenvalue weighted by Gasteiger charge is 2.24. The predicted octanol–water partition coefficient (Wildman–Crippen LogP) is 11.3. The smallest absolute Gasteiger partial charge is 0.344 e. The van der Waals surface area contributed by atoms with E-state index in [2.05, 4.69) is 18.3 Å². The molecule has 0 spiro atoms. The second kappa shape index (κ2) is 30.8. The number of ether oxygens (including phenoxy) is 8. The summed E-state index contributed by atoms with van der Waals surface area (Å²) in [7, 11) is 0. The van der Waals surface area contributed by atoms with Crippen LogP contribution in [0.3, 0.4) is 0 Å². The lowest BCUT2D eigenvalue weighted by atomic mass is 10.0. The summed E-state index contributed by atoms with van der Waals surface area (Å²) in [5.41, 5.74) is -0.00195. The van der Waals surface area contributed by atoms with Crippen molar-refractivity contribution in [3.05, 3.63) is 173 Å². The molecule has 0 bridgehead atoms. The normalized spacial score (nSPS) is 10.8. The summed E-state index contributed by atoms with van der Waals surface area (Å²) in [5, 5.41) is 27.2. The number of unbranched alkanes of at least 4 members (excludes halogenated alkanes) is 7. The van der Waals surface area contributed by atoms with Crippen molar-refractivity contribution in [3.8, 4) is 28.7 Å². The average molecular weight is 1020 g/mol. The van der Waals surface area contributed by atoms with Gasteiger partial charge < -0.3 is 43.1 Å². The quantitative estimate of drug-likeness (QED) is 0.00447. The van der Waals surface area contributed by atoms with Crippen LogP contribution >= 0.6 is 0 Å². The van der Waals surface area contributed by atoms with E-state index in [0.29, 0.717) is 92.9 Å². The van der Waals surface area contributed by atoms with Crippen molar-refractivity contribution in [3.63, 3.8) is 0 Å². The van der Waals surface area contributed by atoms with Gasteiger partial charge >= 0.3 is 29.8 Å². The third kappa shape index (κ3) is 19.7. The minimum Gasteiger partial charge on any atom is -0.594 e. The Balaban J connectivity index is 1.11. The Morgan fingerprint density at radius 3 is 1.32 bits per heavy atom. The number of nitro groups is 1. The topological polar surface area (TPSA) is 241 Å². The first-order chi connectivity index (χ1) is 35.9. The molecule has 0 aliphatic heterocycles. The Morgan fingerprint density at radius 1 is 0.446 bits per heavy atom. The van der Waals surface area contributed by atoms with Crippen LogP contribution in [0.2, 0.25) is 0 Å². The lowest BCUT2D eigenvalue weighted by molar-refractivity contribution is -0.435. The van der Waals surface area contributed by atoms with Crippen LogP contribution < -0.4 is 23.7 Å². The van der Waals surface area contributed by atoms with Crippen LogP contribution in [0.15, 0.2) is 146 Å². The number of rotatable bonds is 32. The Labute approximate surface area is 427 Å². The summed E-state index contributed by atoms with van der Waals surface area (Å²) in [5.74, 6) is -1.38. The first kappa shape index (κ1) is 56.0. The van der Waals surface area contributed by atoms with Crippen molar-refractivity contribution in [2.45, 2.75) is 64.2 Å². The molecule has 0 aliphatic carbocycles. The fraction of sp³-hybridized carbons (Fsp3) is 0.291. The number of carbonyl (C=O) groups is 5. The SMILES string of the molecule is C=CC(=O)OCCCCCOc1ccc(OC(=O)c2ccc(C(=O)Oc3ccc(OCCCCCOC(=O)C=C)cc3)c(C(=O)OCCCCCCOc3ccc(N=[N+]([O-])c4ccc([N+](=O)[O-])cc4)cc3)c2)cc1. The van der Waals surface area contributed by atoms with Crippen LogP contribution in [0.25, 0.3) is 0 Å². The molecule has 0 atom stereocenters. The first-order valence-corrected chi connectivity index (χ1v) is 23.9. The number of esters is 5. The van der Waals surface area contributed by atoms with Gasteiger partial charge in [0.05, 0.1) is 61.3 Å². The van der Waals surface area contributed by atoms with Crippen LogP contribution in [0.1, 0.15) is 95.3 Å². The molecule has 0 aliphatic rings. The van der Waals surface area contributed by atoms with Crippen molar-refractivity contribution < 1.29 is 71.7 Å². The highest BCUT2D eigenvalue weighted by Crippen LogP contribution is 2.25. The molecule has 5 aromatic carbocycles. The summed E-state index contributed by atoms with van der Waals surface area (Å²) in [6.45, 7) is 8.59. The molecule has 0 radical (unpaired) electrons. The number of nitro benzene ring substituents is 1. The summed E-state index contributed by atoms with van der Waals surface area (Å²) >= 11 is 0. The predicted molar refractivity (Wildman–Crippen MR) is 269 cm³/mol. The zero-order valence-corrected chi connectivity index (χ0v) is 40.7. The monoisotopic (exact) mass is 1020 g/mol. The van der Waals surface area contributed by atoms with Gasteiger partial charge in [-0.25, -0.2) is 24.0 Å². The van der Waals surface area contributed by atoms with Gasteiger partial charge in [-0.3, -0.25) is 10.1 Å². The van der Waals surface area contributed by atoms with Crippen LogP contribution in [-0.4, -0.2) is 79.3 Å². The van der Waals surface area contributed by atoms with Gasteiger partial charge in [-0.1, -0.05) is 18.0 Å². The molecule has 0 heterocycles. The Kier molecular flexibility index (Phi) is 23.3. The Morgan fingerprint density at radius 2 is 0.851 bits per heavy atom. The zero-order valence-electron chi connectivity index (χ0n) is 40.7. The van der Waals surface area contributed by atoms with Crippen molar-refractivity contribution in [2.24, 2.45) is 5.11 Å². The number of nitrogens with zero attached hydrogens (tertiary/aromatic N) is 3. The molecular weight excluding hydrogens is 959 g/mol. The summed E-state index contributed by atoms with van der Waals surface area (Å²) in [6, 6.07) is 28.3. The number of non-ortho nitro benzene ring substituents is 1. The molecule has 19 nitrogen and oxygen atoms in total. The number of benzene rings is 5. The van der Waals surface area contributed by atoms with Gasteiger partial charge in [0.25, 0.3) is 5.69 Å². The van der Waals surface area contributed by atoms with E-state index in [1.165, 1.54) is 42.5 Å². The Bertz CT molecular complexity index is 2690. The van der Waals surface area contributed by atoms with E-state index in [4.69, 9.17) is 37.9 Å². The highest BCUT2D eigenvalue weighted by atomic mass is 16.6. The molecule has 0 amide bonds. The maximum atomic E-state index is 13.6. The minimum atomic E-state index is -0.868. The summed E-state index contributed by atoms with van der Waals surface area (Å²) < 4.78 is 44.1. The second-order valence-corrected chi connectivity index (χ2v) is 16.1. The summed E-state index contributed by atoms with van der Waals surface area (Å²) in [6.07, 6.45) is 9.23. The number of hydrogen-bond acceptors (Lipinski definition) is 17. The van der Waals surface area contributed by atoms with Gasteiger partial charge in [-0.15, -0.1) is 0 Å². The van der Waals surface area contributed by atoms with Crippen molar-refractivity contribution in [1.29, 1.82) is 0 Å². The van der Waals surface area contributed by atoms with Crippen LogP contribution in [0.5, 0.6) is 28.7 Å². The Hall–Kier alpha value is -8.87. The van der Waals surface area contributed by atoms with Gasteiger partial charge in [0.2, 0.25) is 5.69 Å². The number of azo groups is 1. The van der Waals surface area contributed by atoms with Gasteiger partial charge in [-0.05, 0) is 155 Å². The molecule has 0 saturated heterocycles. The number of carbonyl (C=O) groups excluding carboxylic acids is 5. The second-order valence-electron chi connectivity index (χ2n) is 16.1. The highest BCUT2D eigenvalue weighted by molar-refractivity contribution is 6.06. The molecule has 0 aromatic heterocycles. The van der Waals surface area contributed by atoms with Gasteiger partial charge in [0.1, 0.15) is 34.4 Å². The molecule has 74 heavy (non-hydrogen) atoms. The molecule has 0 N–H and O–H groups in total. The maximum Gasteiger partial charge on any atom is 0.344 e. The van der Waals surface area contributed by atoms with Crippen molar-refractivity contribution in [2.75, 3.05) is 39.6 Å². The van der Waals surface area contributed by atoms with E-state index in [1.807, 2.05) is 0 Å². The van der Waals surface area contributed by atoms with E-state index in [9.17, 15) is 39.3 Å². The summed E-state index contributed by atoms with van der Waals surface area (Å²) in [4.78, 5) is 73.6. The number of hydrogen-bond donors (Lipinski definition) is 0. The first-order valence-electron chi connectivity index (χ1n) is 23.9. The molecule has 0 fully saturated rings. The lowest BCUT2D eigenvalue weighted by Crippen LogP contribution is -2.18. The zero-order chi connectivity index (χ0) is 52.9. The molecule has 5 aromatic rings. The average Bonchev–Trinajstić information content (AvgIpc) is 3.41. The van der Waals surface area contributed by atoms with Crippen LogP contribution in [-0.2, 0) is 23.8 Å². The van der Waals surface area contributed by atoms with E-state index in [1.54, 1.807) is 72.8 Å². The standard InChI is InChI=1S/C55H57N3O16/c1-3-51(59)70-36-13-7-11-34-68-45-24-28-47(29-25-45)73-53(61)40-15-32-49(55(63)74-48-30-26-46(27-31-48)69-35-12-8-14-37-71-52(60)4-2)50(39-40)54(62)72-38-10-6-5-9-33-67-44-22-16-41(17-23-44)56-57(64)42-18-20-43(21-19-42)58(65)66/h3-4,15-32,39H,1-2,5-14,33-38H2. The minimum absolute atomic E-state index is 0.0220.